The van der Waals surface area contributed by atoms with Gasteiger partial charge in [-0.15, -0.1) is 0 Å². The molecule has 0 atom stereocenters. The quantitative estimate of drug-likeness (QED) is 0.691. The van der Waals surface area contributed by atoms with Crippen molar-refractivity contribution in [1.82, 2.24) is 0 Å². The molecule has 0 aliphatic carbocycles. The molecule has 0 unspecified atom stereocenters. The highest BCUT2D eigenvalue weighted by atomic mass is 16.3. The van der Waals surface area contributed by atoms with Crippen molar-refractivity contribution in [3.63, 3.8) is 0 Å². The summed E-state index contributed by atoms with van der Waals surface area (Å²) >= 11 is 0. The van der Waals surface area contributed by atoms with Crippen LogP contribution in [0.2, 0.25) is 0 Å². The zero-order valence-corrected chi connectivity index (χ0v) is 14.8. The van der Waals surface area contributed by atoms with Gasteiger partial charge in [-0.1, -0.05) is 60.7 Å². The van der Waals surface area contributed by atoms with Crippen LogP contribution in [0.1, 0.15) is 5.56 Å². The molecule has 0 amide bonds. The predicted molar refractivity (Wildman–Crippen MR) is 107 cm³/mol. The Hall–Kier alpha value is -2.78. The molecule has 1 fully saturated rings. The minimum Gasteiger partial charge on any atom is -0.368 e. The van der Waals surface area contributed by atoms with Crippen molar-refractivity contribution in [2.24, 2.45) is 0 Å². The average Bonchev–Trinajstić information content (AvgIpc) is 2.75. The summed E-state index contributed by atoms with van der Waals surface area (Å²) in [5.74, 6) is 0. The first-order valence-electron chi connectivity index (χ1n) is 9.16. The second-order valence-electron chi connectivity index (χ2n) is 6.67. The maximum absolute atomic E-state index is 11.4. The van der Waals surface area contributed by atoms with Crippen molar-refractivity contribution in [2.45, 2.75) is 6.61 Å². The number of piperazine rings is 1. The van der Waals surface area contributed by atoms with Gasteiger partial charge in [0.15, 0.2) is 0 Å². The van der Waals surface area contributed by atoms with E-state index in [-0.39, 0.29) is 6.61 Å². The van der Waals surface area contributed by atoms with Crippen LogP contribution in [0.4, 0.5) is 11.4 Å². The summed E-state index contributed by atoms with van der Waals surface area (Å²) in [5, 5.41) is 11.4. The van der Waals surface area contributed by atoms with Crippen molar-refractivity contribution >= 4 is 11.4 Å². The highest BCUT2D eigenvalue weighted by Gasteiger charge is 2.20. The molecule has 1 aliphatic heterocycles. The van der Waals surface area contributed by atoms with Crippen molar-refractivity contribution in [3.8, 4) is 11.1 Å². The van der Waals surface area contributed by atoms with E-state index in [1.165, 1.54) is 22.5 Å². The van der Waals surface area contributed by atoms with Gasteiger partial charge in [-0.2, -0.15) is 0 Å². The number of hydrogen-bond acceptors (Lipinski definition) is 2. The highest BCUT2D eigenvalue weighted by Crippen LogP contribution is 2.33. The second kappa shape index (κ2) is 7.63. The van der Waals surface area contributed by atoms with Gasteiger partial charge in [0.1, 0.15) is 6.61 Å². The summed E-state index contributed by atoms with van der Waals surface area (Å²) in [6.07, 6.45) is 0. The lowest BCUT2D eigenvalue weighted by Gasteiger charge is -2.38. The normalized spacial score (nSPS) is 14.5. The van der Waals surface area contributed by atoms with Crippen LogP contribution in [0.15, 0.2) is 78.9 Å². The molecule has 1 heterocycles. The number of rotatable bonds is 4. The van der Waals surface area contributed by atoms with Crippen molar-refractivity contribution in [1.29, 1.82) is 0 Å². The number of anilines is 2. The SMILES string of the molecule is [O]Cc1ccc(-c2ccccc2)c(N2CCN(c3ccccc3)CC2)c1. The van der Waals surface area contributed by atoms with E-state index in [1.54, 1.807) is 0 Å². The Kier molecular flexibility index (Phi) is 4.89. The van der Waals surface area contributed by atoms with Crippen molar-refractivity contribution in [2.75, 3.05) is 36.0 Å². The molecule has 0 saturated carbocycles. The molecule has 1 aliphatic rings. The van der Waals surface area contributed by atoms with Gasteiger partial charge in [-0.05, 0) is 29.3 Å². The Morgan fingerprint density at radius 1 is 0.692 bits per heavy atom. The highest BCUT2D eigenvalue weighted by molar-refractivity contribution is 5.79. The first-order chi connectivity index (χ1) is 12.8. The van der Waals surface area contributed by atoms with E-state index in [0.29, 0.717) is 0 Å². The summed E-state index contributed by atoms with van der Waals surface area (Å²) in [7, 11) is 0. The van der Waals surface area contributed by atoms with Gasteiger partial charge in [0.2, 0.25) is 0 Å². The van der Waals surface area contributed by atoms with Crippen LogP contribution in [-0.2, 0) is 11.7 Å². The Labute approximate surface area is 155 Å². The summed E-state index contributed by atoms with van der Waals surface area (Å²) in [5.41, 5.74) is 5.72. The molecular weight excluding hydrogens is 320 g/mol. The molecule has 1 saturated heterocycles. The van der Waals surface area contributed by atoms with Gasteiger partial charge < -0.3 is 9.80 Å². The van der Waals surface area contributed by atoms with E-state index >= 15 is 0 Å². The largest absolute Gasteiger partial charge is 0.368 e. The minimum absolute atomic E-state index is 0.175. The first-order valence-corrected chi connectivity index (χ1v) is 9.16. The van der Waals surface area contributed by atoms with Crippen LogP contribution < -0.4 is 9.80 Å². The number of hydrogen-bond donors (Lipinski definition) is 0. The molecule has 3 aromatic rings. The zero-order valence-electron chi connectivity index (χ0n) is 14.8. The van der Waals surface area contributed by atoms with Gasteiger partial charge in [0.05, 0.1) is 0 Å². The van der Waals surface area contributed by atoms with Gasteiger partial charge in [-0.25, -0.2) is 5.11 Å². The Bertz CT molecular complexity index is 841. The fourth-order valence-electron chi connectivity index (χ4n) is 3.63. The van der Waals surface area contributed by atoms with Crippen LogP contribution in [0, 0.1) is 0 Å². The molecule has 0 spiro atoms. The molecule has 0 N–H and O–H groups in total. The van der Waals surface area contributed by atoms with Crippen molar-refractivity contribution < 1.29 is 5.11 Å². The lowest BCUT2D eigenvalue weighted by atomic mass is 10.00. The lowest BCUT2D eigenvalue weighted by molar-refractivity contribution is 0.177. The van der Waals surface area contributed by atoms with E-state index in [1.807, 2.05) is 12.1 Å². The van der Waals surface area contributed by atoms with Gasteiger partial charge >= 0.3 is 0 Å². The molecular formula is C23H23N2O. The maximum Gasteiger partial charge on any atom is 0.107 e. The maximum atomic E-state index is 11.4. The molecule has 4 rings (SSSR count). The minimum atomic E-state index is -0.175. The molecule has 131 valence electrons. The van der Waals surface area contributed by atoms with Gasteiger partial charge in [0, 0.05) is 43.1 Å². The standard InChI is InChI=1S/C23H23N2O/c26-18-19-11-12-22(20-7-3-1-4-8-20)23(17-19)25-15-13-24(14-16-25)21-9-5-2-6-10-21/h1-12,17H,13-16,18H2. The number of para-hydroxylation sites is 1. The van der Waals surface area contributed by atoms with E-state index in [9.17, 15) is 5.11 Å². The fraction of sp³-hybridized carbons (Fsp3) is 0.217. The summed E-state index contributed by atoms with van der Waals surface area (Å²) in [6.45, 7) is 3.71. The third-order valence-electron chi connectivity index (χ3n) is 5.06. The summed E-state index contributed by atoms with van der Waals surface area (Å²) in [4.78, 5) is 4.84. The molecule has 26 heavy (non-hydrogen) atoms. The monoisotopic (exact) mass is 343 g/mol. The van der Waals surface area contributed by atoms with E-state index < -0.39 is 0 Å². The number of benzene rings is 3. The van der Waals surface area contributed by atoms with Crippen LogP contribution in [0.5, 0.6) is 0 Å². The number of nitrogens with zero attached hydrogens (tertiary/aromatic N) is 2. The topological polar surface area (TPSA) is 26.4 Å². The van der Waals surface area contributed by atoms with Crippen LogP contribution in [0.3, 0.4) is 0 Å². The predicted octanol–water partition coefficient (Wildman–Crippen LogP) is 4.61. The van der Waals surface area contributed by atoms with E-state index in [4.69, 9.17) is 0 Å². The smallest absolute Gasteiger partial charge is 0.107 e. The van der Waals surface area contributed by atoms with Gasteiger partial charge in [-0.3, -0.25) is 0 Å². The second-order valence-corrected chi connectivity index (χ2v) is 6.67. The van der Waals surface area contributed by atoms with E-state index in [0.717, 1.165) is 31.7 Å². The third-order valence-corrected chi connectivity index (χ3v) is 5.06. The average molecular weight is 343 g/mol. The first kappa shape index (κ1) is 16.7. The van der Waals surface area contributed by atoms with Gasteiger partial charge in [0.25, 0.3) is 0 Å². The summed E-state index contributed by atoms with van der Waals surface area (Å²) in [6, 6.07) is 27.1. The molecule has 1 radical (unpaired) electrons. The molecule has 3 heteroatoms. The van der Waals surface area contributed by atoms with Crippen molar-refractivity contribution in [3.05, 3.63) is 84.4 Å². The Morgan fingerprint density at radius 3 is 1.96 bits per heavy atom. The summed E-state index contributed by atoms with van der Waals surface area (Å²) < 4.78 is 0. The molecule has 0 aromatic heterocycles. The Balaban J connectivity index is 1.59. The molecule has 0 bridgehead atoms. The lowest BCUT2D eigenvalue weighted by Crippen LogP contribution is -2.46. The Morgan fingerprint density at radius 2 is 1.31 bits per heavy atom. The molecule has 3 aromatic carbocycles. The fourth-order valence-corrected chi connectivity index (χ4v) is 3.63. The van der Waals surface area contributed by atoms with Crippen LogP contribution >= 0.6 is 0 Å². The van der Waals surface area contributed by atoms with Crippen LogP contribution in [0.25, 0.3) is 11.1 Å². The molecule has 3 nitrogen and oxygen atoms in total. The van der Waals surface area contributed by atoms with Crippen LogP contribution in [-0.4, -0.2) is 26.2 Å². The third kappa shape index (κ3) is 3.44. The zero-order chi connectivity index (χ0) is 17.8. The van der Waals surface area contributed by atoms with E-state index in [2.05, 4.69) is 76.5 Å².